The highest BCUT2D eigenvalue weighted by molar-refractivity contribution is 7.89. The number of esters is 2. The topological polar surface area (TPSA) is 90.0 Å². The number of carbonyl (C=O) groups excluding carboxylic acids is 2. The van der Waals surface area contributed by atoms with Gasteiger partial charge in [0.1, 0.15) is 6.04 Å². The van der Waals surface area contributed by atoms with Gasteiger partial charge < -0.3 is 9.47 Å². The highest BCUT2D eigenvalue weighted by Crippen LogP contribution is 2.22. The van der Waals surface area contributed by atoms with E-state index in [1.807, 2.05) is 0 Å². The minimum Gasteiger partial charge on any atom is -0.468 e. The SMILES string of the molecule is COC(=O)CS(=O)(=O)N1CCCC1C(=O)OC. The molecule has 0 aliphatic carbocycles. The Morgan fingerprint density at radius 3 is 2.47 bits per heavy atom. The molecule has 1 saturated heterocycles. The second-order valence-electron chi connectivity index (χ2n) is 3.62. The highest BCUT2D eigenvalue weighted by Gasteiger charge is 2.40. The number of methoxy groups -OCH3 is 2. The van der Waals surface area contributed by atoms with Crippen LogP contribution in [0.25, 0.3) is 0 Å². The van der Waals surface area contributed by atoms with Crippen LogP contribution in [-0.4, -0.2) is 57.2 Å². The molecule has 0 bridgehead atoms. The quantitative estimate of drug-likeness (QED) is 0.614. The Bertz CT molecular complexity index is 404. The van der Waals surface area contributed by atoms with Crippen LogP contribution in [-0.2, 0) is 29.1 Å². The number of hydrogen-bond donors (Lipinski definition) is 0. The van der Waals surface area contributed by atoms with Gasteiger partial charge in [0.15, 0.2) is 5.75 Å². The molecular weight excluding hydrogens is 250 g/mol. The van der Waals surface area contributed by atoms with Crippen LogP contribution in [0, 0.1) is 0 Å². The first-order valence-corrected chi connectivity index (χ1v) is 6.67. The molecule has 1 aliphatic rings. The van der Waals surface area contributed by atoms with Crippen LogP contribution in [0.1, 0.15) is 12.8 Å². The molecule has 0 radical (unpaired) electrons. The second-order valence-corrected chi connectivity index (χ2v) is 5.55. The van der Waals surface area contributed by atoms with E-state index in [2.05, 4.69) is 9.47 Å². The summed E-state index contributed by atoms with van der Waals surface area (Å²) in [5.41, 5.74) is 0. The monoisotopic (exact) mass is 265 g/mol. The fourth-order valence-electron chi connectivity index (χ4n) is 1.74. The van der Waals surface area contributed by atoms with Gasteiger partial charge in [0.25, 0.3) is 0 Å². The molecule has 0 N–H and O–H groups in total. The smallest absolute Gasteiger partial charge is 0.324 e. The number of rotatable bonds is 4. The van der Waals surface area contributed by atoms with Crippen LogP contribution in [0.2, 0.25) is 0 Å². The number of carbonyl (C=O) groups is 2. The maximum Gasteiger partial charge on any atom is 0.324 e. The molecule has 1 heterocycles. The van der Waals surface area contributed by atoms with Gasteiger partial charge in [0.2, 0.25) is 10.0 Å². The molecule has 0 aromatic carbocycles. The largest absolute Gasteiger partial charge is 0.468 e. The summed E-state index contributed by atoms with van der Waals surface area (Å²) < 4.78 is 33.5. The molecule has 0 aromatic heterocycles. The third-order valence-electron chi connectivity index (χ3n) is 2.56. The van der Waals surface area contributed by atoms with Crippen LogP contribution in [0.3, 0.4) is 0 Å². The number of ether oxygens (including phenoxy) is 2. The first kappa shape index (κ1) is 13.9. The van der Waals surface area contributed by atoms with E-state index < -0.39 is 33.8 Å². The van der Waals surface area contributed by atoms with Gasteiger partial charge >= 0.3 is 11.9 Å². The molecule has 0 amide bonds. The Labute approximate surface area is 99.7 Å². The van der Waals surface area contributed by atoms with Crippen LogP contribution in [0.4, 0.5) is 0 Å². The lowest BCUT2D eigenvalue weighted by Gasteiger charge is -2.21. The van der Waals surface area contributed by atoms with Crippen molar-refractivity contribution in [3.05, 3.63) is 0 Å². The molecule has 7 nitrogen and oxygen atoms in total. The van der Waals surface area contributed by atoms with Crippen molar-refractivity contribution in [1.29, 1.82) is 0 Å². The maximum absolute atomic E-state index is 11.9. The predicted octanol–water partition coefficient (Wildman–Crippen LogP) is -0.873. The third kappa shape index (κ3) is 3.16. The van der Waals surface area contributed by atoms with Crippen molar-refractivity contribution in [2.45, 2.75) is 18.9 Å². The predicted molar refractivity (Wildman–Crippen MR) is 57.5 cm³/mol. The van der Waals surface area contributed by atoms with Crippen LogP contribution >= 0.6 is 0 Å². The van der Waals surface area contributed by atoms with Gasteiger partial charge in [-0.05, 0) is 12.8 Å². The standard InChI is InChI=1S/C9H15NO6S/c1-15-8(11)6-17(13,14)10-5-3-4-7(10)9(12)16-2/h7H,3-6H2,1-2H3. The molecule has 1 atom stereocenters. The summed E-state index contributed by atoms with van der Waals surface area (Å²) in [6, 6.07) is -0.824. The van der Waals surface area contributed by atoms with Gasteiger partial charge in [0, 0.05) is 6.54 Å². The van der Waals surface area contributed by atoms with E-state index in [0.717, 1.165) is 11.4 Å². The summed E-state index contributed by atoms with van der Waals surface area (Å²) in [4.78, 5) is 22.4. The summed E-state index contributed by atoms with van der Waals surface area (Å²) in [5.74, 6) is -2.20. The van der Waals surface area contributed by atoms with Gasteiger partial charge in [-0.3, -0.25) is 9.59 Å². The summed E-state index contributed by atoms with van der Waals surface area (Å²) in [5, 5.41) is 0. The Morgan fingerprint density at radius 2 is 1.94 bits per heavy atom. The minimum atomic E-state index is -3.82. The summed E-state index contributed by atoms with van der Waals surface area (Å²) in [7, 11) is -1.51. The van der Waals surface area contributed by atoms with E-state index >= 15 is 0 Å². The summed E-state index contributed by atoms with van der Waals surface area (Å²) >= 11 is 0. The van der Waals surface area contributed by atoms with Crippen LogP contribution in [0.15, 0.2) is 0 Å². The van der Waals surface area contributed by atoms with Gasteiger partial charge in [-0.2, -0.15) is 4.31 Å². The molecule has 1 aliphatic heterocycles. The number of sulfonamides is 1. The lowest BCUT2D eigenvalue weighted by Crippen LogP contribution is -2.43. The minimum absolute atomic E-state index is 0.221. The number of hydrogen-bond acceptors (Lipinski definition) is 6. The third-order valence-corrected chi connectivity index (χ3v) is 4.31. The molecule has 1 fully saturated rings. The molecule has 1 unspecified atom stereocenters. The van der Waals surface area contributed by atoms with E-state index in [4.69, 9.17) is 0 Å². The zero-order valence-corrected chi connectivity index (χ0v) is 10.5. The van der Waals surface area contributed by atoms with Crippen molar-refractivity contribution in [3.8, 4) is 0 Å². The Hall–Kier alpha value is -1.15. The van der Waals surface area contributed by atoms with Gasteiger partial charge in [0.05, 0.1) is 14.2 Å². The first-order valence-electron chi connectivity index (χ1n) is 5.06. The van der Waals surface area contributed by atoms with Crippen molar-refractivity contribution in [3.63, 3.8) is 0 Å². The lowest BCUT2D eigenvalue weighted by atomic mass is 10.2. The highest BCUT2D eigenvalue weighted by atomic mass is 32.2. The van der Waals surface area contributed by atoms with Crippen molar-refractivity contribution in [2.75, 3.05) is 26.5 Å². The molecule has 0 aromatic rings. The van der Waals surface area contributed by atoms with Gasteiger partial charge in [-0.15, -0.1) is 0 Å². The Morgan fingerprint density at radius 1 is 1.29 bits per heavy atom. The molecule has 0 spiro atoms. The lowest BCUT2D eigenvalue weighted by molar-refractivity contribution is -0.144. The number of nitrogens with zero attached hydrogens (tertiary/aromatic N) is 1. The maximum atomic E-state index is 11.9. The molecular formula is C9H15NO6S. The Balaban J connectivity index is 2.83. The van der Waals surface area contributed by atoms with Crippen LogP contribution in [0.5, 0.6) is 0 Å². The van der Waals surface area contributed by atoms with E-state index in [0.29, 0.717) is 12.8 Å². The molecule has 98 valence electrons. The normalized spacial score (nSPS) is 21.2. The van der Waals surface area contributed by atoms with Crippen LogP contribution < -0.4 is 0 Å². The van der Waals surface area contributed by atoms with Gasteiger partial charge in [-0.25, -0.2) is 8.42 Å². The first-order chi connectivity index (χ1) is 7.92. The van der Waals surface area contributed by atoms with E-state index in [1.54, 1.807) is 0 Å². The molecule has 0 saturated carbocycles. The van der Waals surface area contributed by atoms with E-state index in [9.17, 15) is 18.0 Å². The summed E-state index contributed by atoms with van der Waals surface area (Å²) in [6.45, 7) is 0.221. The van der Waals surface area contributed by atoms with Gasteiger partial charge in [-0.1, -0.05) is 0 Å². The molecule has 8 heteroatoms. The fraction of sp³-hybridized carbons (Fsp3) is 0.778. The van der Waals surface area contributed by atoms with Crippen molar-refractivity contribution < 1.29 is 27.5 Å². The van der Waals surface area contributed by atoms with E-state index in [1.165, 1.54) is 7.11 Å². The van der Waals surface area contributed by atoms with Crippen molar-refractivity contribution in [1.82, 2.24) is 4.31 Å². The second kappa shape index (κ2) is 5.46. The average Bonchev–Trinajstić information content (AvgIpc) is 2.76. The van der Waals surface area contributed by atoms with Crippen molar-refractivity contribution in [2.24, 2.45) is 0 Å². The van der Waals surface area contributed by atoms with Crippen molar-refractivity contribution >= 4 is 22.0 Å². The zero-order valence-electron chi connectivity index (χ0n) is 9.71. The average molecular weight is 265 g/mol. The zero-order chi connectivity index (χ0) is 13.1. The Kier molecular flexibility index (Phi) is 4.47. The fourth-order valence-corrected chi connectivity index (χ4v) is 3.30. The molecule has 17 heavy (non-hydrogen) atoms. The molecule has 1 rings (SSSR count). The van der Waals surface area contributed by atoms with E-state index in [-0.39, 0.29) is 6.54 Å². The summed E-state index contributed by atoms with van der Waals surface area (Å²) in [6.07, 6.45) is 0.979.